The highest BCUT2D eigenvalue weighted by atomic mass is 19.2. The SMILES string of the molecule is O=C(Cc1cccc(F)c1F)C1CC12CCNCC2. The van der Waals surface area contributed by atoms with E-state index in [4.69, 9.17) is 0 Å². The smallest absolute Gasteiger partial charge is 0.162 e. The van der Waals surface area contributed by atoms with Crippen LogP contribution in [0.2, 0.25) is 0 Å². The molecule has 1 aromatic rings. The molecule has 1 atom stereocenters. The zero-order chi connectivity index (χ0) is 13.5. The minimum absolute atomic E-state index is 0.0173. The molecule has 102 valence electrons. The molecule has 1 N–H and O–H groups in total. The first-order chi connectivity index (χ1) is 9.12. The molecule has 3 rings (SSSR count). The number of hydrogen-bond donors (Lipinski definition) is 1. The van der Waals surface area contributed by atoms with Crippen molar-refractivity contribution >= 4 is 5.78 Å². The van der Waals surface area contributed by atoms with E-state index in [0.29, 0.717) is 0 Å². The number of rotatable bonds is 3. The molecule has 0 aromatic heterocycles. The molecule has 1 saturated carbocycles. The van der Waals surface area contributed by atoms with Gasteiger partial charge in [0.25, 0.3) is 0 Å². The maximum absolute atomic E-state index is 13.5. The Morgan fingerprint density at radius 3 is 2.79 bits per heavy atom. The van der Waals surface area contributed by atoms with Crippen LogP contribution >= 0.6 is 0 Å². The first kappa shape index (κ1) is 12.7. The maximum Gasteiger partial charge on any atom is 0.162 e. The first-order valence-corrected chi connectivity index (χ1v) is 6.79. The van der Waals surface area contributed by atoms with Gasteiger partial charge in [0, 0.05) is 12.3 Å². The van der Waals surface area contributed by atoms with Crippen LogP contribution in [0, 0.1) is 23.0 Å². The largest absolute Gasteiger partial charge is 0.317 e. The fraction of sp³-hybridized carbons (Fsp3) is 0.533. The van der Waals surface area contributed by atoms with Crippen LogP contribution in [0.3, 0.4) is 0 Å². The zero-order valence-corrected chi connectivity index (χ0v) is 10.7. The molecule has 1 heterocycles. The van der Waals surface area contributed by atoms with Gasteiger partial charge >= 0.3 is 0 Å². The lowest BCUT2D eigenvalue weighted by molar-refractivity contribution is -0.120. The number of ketones is 1. The summed E-state index contributed by atoms with van der Waals surface area (Å²) in [4.78, 5) is 12.2. The Morgan fingerprint density at radius 1 is 1.32 bits per heavy atom. The van der Waals surface area contributed by atoms with Crippen LogP contribution in [0.4, 0.5) is 8.78 Å². The number of benzene rings is 1. The Morgan fingerprint density at radius 2 is 2.05 bits per heavy atom. The van der Waals surface area contributed by atoms with Crippen molar-refractivity contribution in [3.63, 3.8) is 0 Å². The molecule has 1 aliphatic carbocycles. The Hall–Kier alpha value is -1.29. The van der Waals surface area contributed by atoms with E-state index >= 15 is 0 Å². The van der Waals surface area contributed by atoms with E-state index in [1.165, 1.54) is 12.1 Å². The highest BCUT2D eigenvalue weighted by Crippen LogP contribution is 2.59. The van der Waals surface area contributed by atoms with Gasteiger partial charge in [0.15, 0.2) is 11.6 Å². The molecule has 0 radical (unpaired) electrons. The molecule has 2 fully saturated rings. The first-order valence-electron chi connectivity index (χ1n) is 6.79. The molecule has 0 bridgehead atoms. The molecule has 1 aromatic carbocycles. The van der Waals surface area contributed by atoms with Crippen LogP contribution in [-0.2, 0) is 11.2 Å². The van der Waals surface area contributed by atoms with E-state index in [2.05, 4.69) is 5.32 Å². The van der Waals surface area contributed by atoms with Crippen LogP contribution < -0.4 is 5.32 Å². The summed E-state index contributed by atoms with van der Waals surface area (Å²) >= 11 is 0. The van der Waals surface area contributed by atoms with Crippen LogP contribution in [0.1, 0.15) is 24.8 Å². The van der Waals surface area contributed by atoms with Crippen molar-refractivity contribution in [3.05, 3.63) is 35.4 Å². The summed E-state index contributed by atoms with van der Waals surface area (Å²) < 4.78 is 26.6. The van der Waals surface area contributed by atoms with Gasteiger partial charge in [-0.15, -0.1) is 0 Å². The van der Waals surface area contributed by atoms with Gasteiger partial charge in [-0.25, -0.2) is 8.78 Å². The lowest BCUT2D eigenvalue weighted by Crippen LogP contribution is -2.31. The van der Waals surface area contributed by atoms with Crippen molar-refractivity contribution in [2.45, 2.75) is 25.7 Å². The molecule has 1 unspecified atom stereocenters. The molecule has 0 amide bonds. The van der Waals surface area contributed by atoms with E-state index in [9.17, 15) is 13.6 Å². The number of hydrogen-bond acceptors (Lipinski definition) is 2. The Balaban J connectivity index is 1.68. The van der Waals surface area contributed by atoms with Gasteiger partial charge in [0.1, 0.15) is 5.78 Å². The quantitative estimate of drug-likeness (QED) is 0.909. The Labute approximate surface area is 111 Å². The number of halogens is 2. The molecule has 2 nitrogen and oxygen atoms in total. The second kappa shape index (κ2) is 4.67. The van der Waals surface area contributed by atoms with Crippen LogP contribution in [-0.4, -0.2) is 18.9 Å². The third-order valence-corrected chi connectivity index (χ3v) is 4.57. The third kappa shape index (κ3) is 2.29. The van der Waals surface area contributed by atoms with E-state index in [0.717, 1.165) is 38.4 Å². The molecule has 4 heteroatoms. The fourth-order valence-electron chi connectivity index (χ4n) is 3.28. The van der Waals surface area contributed by atoms with Crippen LogP contribution in [0.15, 0.2) is 18.2 Å². The highest BCUT2D eigenvalue weighted by molar-refractivity contribution is 5.86. The number of carbonyl (C=O) groups is 1. The number of Topliss-reactive ketones (excluding diaryl/α,β-unsaturated/α-hetero) is 1. The van der Waals surface area contributed by atoms with E-state index in [-0.39, 0.29) is 29.1 Å². The predicted molar refractivity (Wildman–Crippen MR) is 67.7 cm³/mol. The summed E-state index contributed by atoms with van der Waals surface area (Å²) in [6.45, 7) is 1.91. The van der Waals surface area contributed by atoms with Gasteiger partial charge in [0.05, 0.1) is 0 Å². The molecule has 1 spiro atoms. The van der Waals surface area contributed by atoms with E-state index in [1.54, 1.807) is 0 Å². The van der Waals surface area contributed by atoms with E-state index in [1.807, 2.05) is 0 Å². The summed E-state index contributed by atoms with van der Waals surface area (Å²) in [5, 5.41) is 3.29. The second-order valence-corrected chi connectivity index (χ2v) is 5.73. The highest BCUT2D eigenvalue weighted by Gasteiger charge is 2.56. The fourth-order valence-corrected chi connectivity index (χ4v) is 3.28. The normalized spacial score (nSPS) is 24.4. The van der Waals surface area contributed by atoms with E-state index < -0.39 is 11.6 Å². The number of piperidine rings is 1. The average molecular weight is 265 g/mol. The Bertz CT molecular complexity index is 509. The van der Waals surface area contributed by atoms with Gasteiger partial charge in [-0.1, -0.05) is 12.1 Å². The summed E-state index contributed by atoms with van der Waals surface area (Å²) in [7, 11) is 0. The topological polar surface area (TPSA) is 29.1 Å². The van der Waals surface area contributed by atoms with Crippen molar-refractivity contribution in [1.29, 1.82) is 0 Å². The summed E-state index contributed by atoms with van der Waals surface area (Å²) in [5.74, 6) is -1.64. The lowest BCUT2D eigenvalue weighted by atomic mass is 9.89. The summed E-state index contributed by atoms with van der Waals surface area (Å²) in [5.41, 5.74) is 0.340. The van der Waals surface area contributed by atoms with Crippen molar-refractivity contribution in [3.8, 4) is 0 Å². The monoisotopic (exact) mass is 265 g/mol. The molecule has 19 heavy (non-hydrogen) atoms. The van der Waals surface area contributed by atoms with Crippen molar-refractivity contribution in [2.75, 3.05) is 13.1 Å². The van der Waals surface area contributed by atoms with Crippen molar-refractivity contribution < 1.29 is 13.6 Å². The zero-order valence-electron chi connectivity index (χ0n) is 10.7. The minimum atomic E-state index is -0.879. The third-order valence-electron chi connectivity index (χ3n) is 4.57. The molecule has 1 saturated heterocycles. The van der Waals surface area contributed by atoms with Crippen LogP contribution in [0.25, 0.3) is 0 Å². The minimum Gasteiger partial charge on any atom is -0.317 e. The van der Waals surface area contributed by atoms with Crippen LogP contribution in [0.5, 0.6) is 0 Å². The van der Waals surface area contributed by atoms with Gasteiger partial charge in [-0.05, 0) is 49.4 Å². The van der Waals surface area contributed by atoms with Crippen molar-refractivity contribution in [2.24, 2.45) is 11.3 Å². The van der Waals surface area contributed by atoms with Gasteiger partial charge < -0.3 is 5.32 Å². The molecule has 2 aliphatic rings. The summed E-state index contributed by atoms with van der Waals surface area (Å²) in [6, 6.07) is 4.02. The standard InChI is InChI=1S/C15H17F2NO/c16-12-3-1-2-10(14(12)17)8-13(19)11-9-15(11)4-6-18-7-5-15/h1-3,11,18H,4-9H2. The number of carbonyl (C=O) groups excluding carboxylic acids is 1. The molecular formula is C15H17F2NO. The predicted octanol–water partition coefficient (Wildman–Crippen LogP) is 2.47. The van der Waals surface area contributed by atoms with Gasteiger partial charge in [0.2, 0.25) is 0 Å². The molecule has 1 aliphatic heterocycles. The van der Waals surface area contributed by atoms with Gasteiger partial charge in [-0.3, -0.25) is 4.79 Å². The Kier molecular flexibility index (Phi) is 3.13. The average Bonchev–Trinajstić information content (AvgIpc) is 3.09. The summed E-state index contributed by atoms with van der Waals surface area (Å²) in [6.07, 6.45) is 2.98. The maximum atomic E-state index is 13.5. The molecular weight excluding hydrogens is 248 g/mol. The second-order valence-electron chi connectivity index (χ2n) is 5.73. The van der Waals surface area contributed by atoms with Gasteiger partial charge in [-0.2, -0.15) is 0 Å². The lowest BCUT2D eigenvalue weighted by Gasteiger charge is -2.23. The van der Waals surface area contributed by atoms with Crippen molar-refractivity contribution in [1.82, 2.24) is 5.32 Å². The number of nitrogens with one attached hydrogen (secondary N) is 1.